The molecule has 0 aromatic carbocycles. The van der Waals surface area contributed by atoms with Crippen molar-refractivity contribution in [1.82, 2.24) is 15.0 Å². The van der Waals surface area contributed by atoms with Crippen LogP contribution in [-0.4, -0.2) is 33.0 Å². The van der Waals surface area contributed by atoms with Gasteiger partial charge in [-0.2, -0.15) is 0 Å². The Balaban J connectivity index is 2.55. The molecule has 0 radical (unpaired) electrons. The molecule has 1 heterocycles. The van der Waals surface area contributed by atoms with E-state index in [1.54, 1.807) is 0 Å². The number of nitrogens with one attached hydrogen (secondary N) is 2. The average Bonchev–Trinajstić information content (AvgIpc) is 2.29. The van der Waals surface area contributed by atoms with E-state index < -0.39 is 20.9 Å². The maximum atomic E-state index is 13.2. The number of nitrogens with zero attached hydrogens (tertiary/aromatic N) is 1. The molecule has 0 fully saturated rings. The SMILES string of the molecule is CCNCCCNS(=O)(=O)c1ncccc1F. The van der Waals surface area contributed by atoms with Gasteiger partial charge < -0.3 is 5.32 Å². The molecule has 2 N–H and O–H groups in total. The largest absolute Gasteiger partial charge is 0.317 e. The number of pyridine rings is 1. The fourth-order valence-electron chi connectivity index (χ4n) is 1.23. The molecule has 7 heteroatoms. The minimum atomic E-state index is -3.84. The van der Waals surface area contributed by atoms with Crippen LogP contribution in [0.4, 0.5) is 4.39 Å². The van der Waals surface area contributed by atoms with Crippen LogP contribution in [0.25, 0.3) is 0 Å². The summed E-state index contributed by atoms with van der Waals surface area (Å²) in [4.78, 5) is 3.52. The first-order valence-electron chi connectivity index (χ1n) is 5.39. The summed E-state index contributed by atoms with van der Waals surface area (Å²) >= 11 is 0. The highest BCUT2D eigenvalue weighted by Gasteiger charge is 2.19. The zero-order chi connectivity index (χ0) is 12.7. The number of hydrogen-bond acceptors (Lipinski definition) is 4. The third-order valence-corrected chi connectivity index (χ3v) is 3.45. The Morgan fingerprint density at radius 2 is 2.18 bits per heavy atom. The van der Waals surface area contributed by atoms with Gasteiger partial charge in [-0.3, -0.25) is 0 Å². The number of sulfonamides is 1. The second kappa shape index (κ2) is 6.63. The van der Waals surface area contributed by atoms with E-state index in [-0.39, 0.29) is 6.54 Å². The first-order chi connectivity index (χ1) is 8.08. The molecule has 1 aromatic rings. The quantitative estimate of drug-likeness (QED) is 0.701. The summed E-state index contributed by atoms with van der Waals surface area (Å²) < 4.78 is 38.8. The van der Waals surface area contributed by atoms with E-state index in [1.165, 1.54) is 12.3 Å². The van der Waals surface area contributed by atoms with Crippen molar-refractivity contribution in [3.05, 3.63) is 24.1 Å². The molecule has 0 amide bonds. The van der Waals surface area contributed by atoms with Crippen molar-refractivity contribution in [3.63, 3.8) is 0 Å². The van der Waals surface area contributed by atoms with Gasteiger partial charge in [-0.25, -0.2) is 22.5 Å². The lowest BCUT2D eigenvalue weighted by Gasteiger charge is -2.06. The van der Waals surface area contributed by atoms with Crippen LogP contribution in [0.1, 0.15) is 13.3 Å². The first kappa shape index (κ1) is 14.0. The van der Waals surface area contributed by atoms with E-state index in [1.807, 2.05) is 6.92 Å². The average molecular weight is 261 g/mol. The van der Waals surface area contributed by atoms with Crippen molar-refractivity contribution < 1.29 is 12.8 Å². The summed E-state index contributed by atoms with van der Waals surface area (Å²) in [5, 5.41) is 2.51. The van der Waals surface area contributed by atoms with Crippen molar-refractivity contribution >= 4 is 10.0 Å². The summed E-state index contributed by atoms with van der Waals surface area (Å²) in [7, 11) is -3.84. The summed E-state index contributed by atoms with van der Waals surface area (Å²) in [6.07, 6.45) is 1.89. The van der Waals surface area contributed by atoms with Crippen molar-refractivity contribution in [1.29, 1.82) is 0 Å². The highest BCUT2D eigenvalue weighted by atomic mass is 32.2. The Hall–Kier alpha value is -1.05. The van der Waals surface area contributed by atoms with E-state index >= 15 is 0 Å². The van der Waals surface area contributed by atoms with Crippen LogP contribution in [-0.2, 0) is 10.0 Å². The number of rotatable bonds is 7. The van der Waals surface area contributed by atoms with Crippen molar-refractivity contribution in [2.45, 2.75) is 18.4 Å². The maximum absolute atomic E-state index is 13.2. The van der Waals surface area contributed by atoms with Crippen molar-refractivity contribution in [2.24, 2.45) is 0 Å². The predicted octanol–water partition coefficient (Wildman–Crippen LogP) is 0.499. The fraction of sp³-hybridized carbons (Fsp3) is 0.500. The lowest BCUT2D eigenvalue weighted by atomic mass is 10.4. The zero-order valence-corrected chi connectivity index (χ0v) is 10.4. The van der Waals surface area contributed by atoms with Gasteiger partial charge in [-0.1, -0.05) is 6.92 Å². The minimum Gasteiger partial charge on any atom is -0.317 e. The molecular weight excluding hydrogens is 245 g/mol. The standard InChI is InChI=1S/C10H16FN3O2S/c1-2-12-6-4-8-14-17(15,16)10-9(11)5-3-7-13-10/h3,5,7,12,14H,2,4,6,8H2,1H3. The zero-order valence-electron chi connectivity index (χ0n) is 9.61. The number of aromatic nitrogens is 1. The molecule has 0 aliphatic heterocycles. The van der Waals surface area contributed by atoms with Gasteiger partial charge >= 0.3 is 0 Å². The smallest absolute Gasteiger partial charge is 0.261 e. The van der Waals surface area contributed by atoms with Crippen LogP contribution in [0.2, 0.25) is 0 Å². The van der Waals surface area contributed by atoms with Crippen molar-refractivity contribution in [2.75, 3.05) is 19.6 Å². The molecule has 0 atom stereocenters. The molecule has 17 heavy (non-hydrogen) atoms. The Morgan fingerprint density at radius 1 is 1.41 bits per heavy atom. The second-order valence-electron chi connectivity index (χ2n) is 3.40. The van der Waals surface area contributed by atoms with Crippen LogP contribution in [0, 0.1) is 5.82 Å². The molecule has 0 unspecified atom stereocenters. The Morgan fingerprint density at radius 3 is 2.82 bits per heavy atom. The lowest BCUT2D eigenvalue weighted by Crippen LogP contribution is -2.28. The highest BCUT2D eigenvalue weighted by Crippen LogP contribution is 2.09. The predicted molar refractivity (Wildman–Crippen MR) is 62.5 cm³/mol. The van der Waals surface area contributed by atoms with Crippen molar-refractivity contribution in [3.8, 4) is 0 Å². The highest BCUT2D eigenvalue weighted by molar-refractivity contribution is 7.89. The van der Waals surface area contributed by atoms with Gasteiger partial charge in [-0.05, 0) is 31.6 Å². The molecule has 5 nitrogen and oxygen atoms in total. The number of halogens is 1. The van der Waals surface area contributed by atoms with Crippen LogP contribution in [0.15, 0.2) is 23.4 Å². The van der Waals surface area contributed by atoms with E-state index in [4.69, 9.17) is 0 Å². The molecular formula is C10H16FN3O2S. The third kappa shape index (κ3) is 4.37. The minimum absolute atomic E-state index is 0.255. The Labute approximate surface area is 101 Å². The molecule has 0 aliphatic rings. The molecule has 96 valence electrons. The van der Waals surface area contributed by atoms with Gasteiger partial charge in [-0.15, -0.1) is 0 Å². The van der Waals surface area contributed by atoms with E-state index in [2.05, 4.69) is 15.0 Å². The van der Waals surface area contributed by atoms with Gasteiger partial charge in [0.25, 0.3) is 10.0 Å². The molecule has 0 bridgehead atoms. The third-order valence-electron chi connectivity index (χ3n) is 2.05. The van der Waals surface area contributed by atoms with Crippen LogP contribution in [0.3, 0.4) is 0 Å². The summed E-state index contributed by atoms with van der Waals surface area (Å²) in [6, 6.07) is 2.42. The second-order valence-corrected chi connectivity index (χ2v) is 5.08. The van der Waals surface area contributed by atoms with Gasteiger partial charge in [0.2, 0.25) is 5.03 Å². The van der Waals surface area contributed by atoms with Gasteiger partial charge in [0.1, 0.15) is 0 Å². The summed E-state index contributed by atoms with van der Waals surface area (Å²) in [5.41, 5.74) is 0. The van der Waals surface area contributed by atoms with Crippen LogP contribution >= 0.6 is 0 Å². The summed E-state index contributed by atoms with van der Waals surface area (Å²) in [5.74, 6) is -0.841. The van der Waals surface area contributed by atoms with Crippen LogP contribution in [0.5, 0.6) is 0 Å². The maximum Gasteiger partial charge on any atom is 0.261 e. The number of hydrogen-bond donors (Lipinski definition) is 2. The Kier molecular flexibility index (Phi) is 5.46. The fourth-order valence-corrected chi connectivity index (χ4v) is 2.31. The molecule has 0 saturated carbocycles. The lowest BCUT2D eigenvalue weighted by molar-refractivity contribution is 0.542. The molecule has 1 aromatic heterocycles. The Bertz CT molecular complexity index is 451. The van der Waals surface area contributed by atoms with E-state index in [0.29, 0.717) is 13.0 Å². The molecule has 1 rings (SSSR count). The topological polar surface area (TPSA) is 71.1 Å². The molecule has 0 saturated heterocycles. The van der Waals surface area contributed by atoms with Gasteiger partial charge in [0.15, 0.2) is 5.82 Å². The monoisotopic (exact) mass is 261 g/mol. The molecule has 0 spiro atoms. The first-order valence-corrected chi connectivity index (χ1v) is 6.87. The van der Waals surface area contributed by atoms with Gasteiger partial charge in [0, 0.05) is 12.7 Å². The van der Waals surface area contributed by atoms with E-state index in [9.17, 15) is 12.8 Å². The molecule has 0 aliphatic carbocycles. The van der Waals surface area contributed by atoms with E-state index in [0.717, 1.165) is 12.6 Å². The normalized spacial score (nSPS) is 11.6. The summed E-state index contributed by atoms with van der Waals surface area (Å²) in [6.45, 7) is 3.77. The van der Waals surface area contributed by atoms with Crippen LogP contribution < -0.4 is 10.0 Å². The van der Waals surface area contributed by atoms with Gasteiger partial charge in [0.05, 0.1) is 0 Å².